The van der Waals surface area contributed by atoms with Crippen molar-refractivity contribution < 1.29 is 19.5 Å². The molecule has 0 unspecified atom stereocenters. The van der Waals surface area contributed by atoms with Crippen molar-refractivity contribution in [3.63, 3.8) is 0 Å². The quantitative estimate of drug-likeness (QED) is 0.383. The standard InChI is InChI=1S/C31H41N5O5/c1-31(2,30(32)40)41-34-27(29(38)39)26-28(37)36(25-12-4-3-11-24(25)33-26)23-16-20-9-6-10-21(17-23)35(20)22-14-18-7-5-8-19(13-18)15-22/h3-4,11-12,18-23H,5-10,13-17H2,1-2H3,(H2,32,40)(H,38,39)/b34-27-/t18-,19+,20-,21+,22+,23+. The second-order valence-electron chi connectivity index (χ2n) is 13.2. The third kappa shape index (κ3) is 5.27. The second kappa shape index (κ2) is 10.9. The molecule has 2 aromatic rings. The lowest BCUT2D eigenvalue weighted by atomic mass is 9.68. The molecule has 41 heavy (non-hydrogen) atoms. The molecular formula is C31H41N5O5. The largest absolute Gasteiger partial charge is 0.476 e. The Hall–Kier alpha value is -3.27. The van der Waals surface area contributed by atoms with Gasteiger partial charge >= 0.3 is 5.97 Å². The summed E-state index contributed by atoms with van der Waals surface area (Å²) >= 11 is 0. The third-order valence-electron chi connectivity index (χ3n) is 10.1. The average molecular weight is 564 g/mol. The van der Waals surface area contributed by atoms with E-state index in [-0.39, 0.29) is 11.7 Å². The molecule has 2 aliphatic heterocycles. The topological polar surface area (TPSA) is 140 Å². The number of carbonyl (C=O) groups is 2. The van der Waals surface area contributed by atoms with E-state index in [2.05, 4.69) is 15.0 Å². The molecule has 6 atom stereocenters. The molecule has 4 bridgehead atoms. The lowest BCUT2D eigenvalue weighted by Crippen LogP contribution is -2.58. The molecule has 1 amide bonds. The minimum absolute atomic E-state index is 0.0817. The van der Waals surface area contributed by atoms with E-state index in [4.69, 9.17) is 10.6 Å². The molecule has 4 fully saturated rings. The fraction of sp³-hybridized carbons (Fsp3) is 0.645. The number of hydrogen-bond acceptors (Lipinski definition) is 7. The zero-order chi connectivity index (χ0) is 28.9. The summed E-state index contributed by atoms with van der Waals surface area (Å²) in [6, 6.07) is 8.71. The minimum atomic E-state index is -1.56. The van der Waals surface area contributed by atoms with Crippen LogP contribution in [0, 0.1) is 11.8 Å². The smallest absolute Gasteiger partial charge is 0.360 e. The van der Waals surface area contributed by atoms with Crippen LogP contribution in [0.1, 0.15) is 96.2 Å². The highest BCUT2D eigenvalue weighted by molar-refractivity contribution is 6.41. The van der Waals surface area contributed by atoms with E-state index in [1.807, 2.05) is 18.2 Å². The van der Waals surface area contributed by atoms with Crippen LogP contribution in [-0.4, -0.2) is 60.9 Å². The maximum atomic E-state index is 14.1. The van der Waals surface area contributed by atoms with Gasteiger partial charge in [-0.25, -0.2) is 9.78 Å². The van der Waals surface area contributed by atoms with Crippen molar-refractivity contribution >= 4 is 28.6 Å². The molecule has 6 rings (SSSR count). The maximum absolute atomic E-state index is 14.1. The number of fused-ring (bicyclic) bond motifs is 5. The molecule has 0 radical (unpaired) electrons. The first-order valence-electron chi connectivity index (χ1n) is 15.2. The van der Waals surface area contributed by atoms with E-state index in [1.54, 1.807) is 10.6 Å². The van der Waals surface area contributed by atoms with Crippen molar-refractivity contribution in [3.05, 3.63) is 40.3 Å². The van der Waals surface area contributed by atoms with Gasteiger partial charge in [-0.1, -0.05) is 43.0 Å². The lowest BCUT2D eigenvalue weighted by molar-refractivity contribution is -0.140. The molecule has 3 heterocycles. The number of carbonyl (C=O) groups excluding carboxylic acids is 1. The Kier molecular flexibility index (Phi) is 7.38. The number of benzene rings is 1. The first-order valence-corrected chi connectivity index (χ1v) is 15.2. The number of nitrogens with zero attached hydrogens (tertiary/aromatic N) is 4. The summed E-state index contributed by atoms with van der Waals surface area (Å²) < 4.78 is 1.76. The molecule has 10 nitrogen and oxygen atoms in total. The van der Waals surface area contributed by atoms with E-state index in [1.165, 1.54) is 58.8 Å². The molecule has 4 aliphatic rings. The van der Waals surface area contributed by atoms with Gasteiger partial charge in [0.2, 0.25) is 11.3 Å². The van der Waals surface area contributed by atoms with Gasteiger partial charge in [-0.05, 0) is 82.8 Å². The van der Waals surface area contributed by atoms with Crippen molar-refractivity contribution in [2.45, 2.75) is 114 Å². The monoisotopic (exact) mass is 563 g/mol. The average Bonchev–Trinajstić information content (AvgIpc) is 2.92. The van der Waals surface area contributed by atoms with Crippen molar-refractivity contribution in [3.8, 4) is 0 Å². The molecular weight excluding hydrogens is 522 g/mol. The highest BCUT2D eigenvalue weighted by atomic mass is 16.7. The number of aromatic nitrogens is 2. The van der Waals surface area contributed by atoms with Gasteiger partial charge in [-0.2, -0.15) is 0 Å². The number of nitrogens with two attached hydrogens (primary N) is 1. The van der Waals surface area contributed by atoms with Crippen molar-refractivity contribution in [2.75, 3.05) is 0 Å². The van der Waals surface area contributed by atoms with Crippen LogP contribution in [0.25, 0.3) is 11.0 Å². The summed E-state index contributed by atoms with van der Waals surface area (Å²) in [5.41, 5.74) is 3.56. The Labute approximate surface area is 239 Å². The summed E-state index contributed by atoms with van der Waals surface area (Å²) in [7, 11) is 0. The Bertz CT molecular complexity index is 1410. The number of piperidine rings is 2. The first kappa shape index (κ1) is 27.9. The van der Waals surface area contributed by atoms with Gasteiger partial charge in [0.1, 0.15) is 0 Å². The van der Waals surface area contributed by atoms with E-state index in [0.29, 0.717) is 29.2 Å². The number of carboxylic acids is 1. The molecule has 220 valence electrons. The summed E-state index contributed by atoms with van der Waals surface area (Å²) in [5.74, 6) is -0.562. The Morgan fingerprint density at radius 1 is 0.951 bits per heavy atom. The van der Waals surface area contributed by atoms with E-state index in [9.17, 15) is 19.5 Å². The van der Waals surface area contributed by atoms with Crippen molar-refractivity contribution in [1.82, 2.24) is 14.5 Å². The number of para-hydroxylation sites is 2. The van der Waals surface area contributed by atoms with Crippen LogP contribution in [-0.2, 0) is 14.4 Å². The number of aliphatic carboxylic acids is 1. The van der Waals surface area contributed by atoms with Crippen LogP contribution < -0.4 is 11.3 Å². The highest BCUT2D eigenvalue weighted by Gasteiger charge is 2.45. The molecule has 0 spiro atoms. The van der Waals surface area contributed by atoms with Crippen molar-refractivity contribution in [2.24, 2.45) is 22.7 Å². The van der Waals surface area contributed by atoms with Gasteiger partial charge in [0, 0.05) is 24.2 Å². The lowest BCUT2D eigenvalue weighted by Gasteiger charge is -2.55. The Morgan fingerprint density at radius 3 is 2.22 bits per heavy atom. The Morgan fingerprint density at radius 2 is 1.59 bits per heavy atom. The van der Waals surface area contributed by atoms with Crippen LogP contribution in [0.3, 0.4) is 0 Å². The van der Waals surface area contributed by atoms with Gasteiger partial charge < -0.3 is 20.2 Å². The predicted octanol–water partition coefficient (Wildman–Crippen LogP) is 3.99. The van der Waals surface area contributed by atoms with Crippen molar-refractivity contribution in [1.29, 1.82) is 0 Å². The maximum Gasteiger partial charge on any atom is 0.360 e. The van der Waals surface area contributed by atoms with Crippen LogP contribution in [0.15, 0.2) is 34.2 Å². The highest BCUT2D eigenvalue weighted by Crippen LogP contribution is 2.47. The number of oxime groups is 1. The van der Waals surface area contributed by atoms with Crippen LogP contribution >= 0.6 is 0 Å². The summed E-state index contributed by atoms with van der Waals surface area (Å²) in [5, 5.41) is 13.7. The second-order valence-corrected chi connectivity index (χ2v) is 13.2. The number of carboxylic acid groups (broad SMARTS) is 1. The summed E-state index contributed by atoms with van der Waals surface area (Å²) in [6.07, 6.45) is 13.3. The summed E-state index contributed by atoms with van der Waals surface area (Å²) in [6.45, 7) is 2.77. The fourth-order valence-corrected chi connectivity index (χ4v) is 8.19. The number of primary amides is 1. The third-order valence-corrected chi connectivity index (χ3v) is 10.1. The van der Waals surface area contributed by atoms with Crippen LogP contribution in [0.2, 0.25) is 0 Å². The predicted molar refractivity (Wildman–Crippen MR) is 155 cm³/mol. The van der Waals surface area contributed by atoms with Gasteiger partial charge in [-0.3, -0.25) is 14.5 Å². The molecule has 10 heteroatoms. The Balaban J connectivity index is 1.37. The fourth-order valence-electron chi connectivity index (χ4n) is 8.19. The zero-order valence-electron chi connectivity index (χ0n) is 24.0. The van der Waals surface area contributed by atoms with Gasteiger partial charge in [-0.15, -0.1) is 0 Å². The van der Waals surface area contributed by atoms with E-state index < -0.39 is 28.7 Å². The minimum Gasteiger partial charge on any atom is -0.476 e. The van der Waals surface area contributed by atoms with E-state index in [0.717, 1.165) is 37.5 Å². The number of amides is 1. The SMILES string of the molecule is CC(C)(O/N=C(\C(=O)O)c1nc2ccccc2n([C@H]2C[C@H]3CCC[C@@H](C2)N3[C@H]2C[C@@H]3CCC[C@@H](C3)C2)c1=O)C(N)=O. The van der Waals surface area contributed by atoms with Gasteiger partial charge in [0.25, 0.3) is 11.5 Å². The van der Waals surface area contributed by atoms with Crippen LogP contribution in [0.5, 0.6) is 0 Å². The van der Waals surface area contributed by atoms with Gasteiger partial charge in [0.15, 0.2) is 5.69 Å². The molecule has 1 aromatic carbocycles. The zero-order valence-corrected chi connectivity index (χ0v) is 24.0. The normalized spacial score (nSPS) is 30.6. The molecule has 3 N–H and O–H groups in total. The van der Waals surface area contributed by atoms with Gasteiger partial charge in [0.05, 0.1) is 11.0 Å². The molecule has 2 aliphatic carbocycles. The van der Waals surface area contributed by atoms with E-state index >= 15 is 0 Å². The molecule has 2 saturated heterocycles. The summed E-state index contributed by atoms with van der Waals surface area (Å²) in [4.78, 5) is 50.7. The first-order chi connectivity index (χ1) is 19.6. The number of rotatable bonds is 7. The number of hydrogen-bond donors (Lipinski definition) is 2. The van der Waals surface area contributed by atoms with Crippen LogP contribution in [0.4, 0.5) is 0 Å². The molecule has 1 aromatic heterocycles. The molecule has 2 saturated carbocycles.